The number of hydrogen-bond acceptors (Lipinski definition) is 2. The van der Waals surface area contributed by atoms with Gasteiger partial charge in [0.15, 0.2) is 0 Å². The summed E-state index contributed by atoms with van der Waals surface area (Å²) in [7, 11) is 0. The fourth-order valence-corrected chi connectivity index (χ4v) is 1.89. The van der Waals surface area contributed by atoms with Gasteiger partial charge in [0.1, 0.15) is 5.75 Å². The Bertz CT molecular complexity index is 451. The molecule has 0 spiro atoms. The number of aryl methyl sites for hydroxylation is 1. The zero-order valence-electron chi connectivity index (χ0n) is 11.1. The van der Waals surface area contributed by atoms with Crippen molar-refractivity contribution in [3.63, 3.8) is 0 Å². The fraction of sp³-hybridized carbons (Fsp3) is 0.533. The van der Waals surface area contributed by atoms with Crippen molar-refractivity contribution in [2.75, 3.05) is 0 Å². The van der Waals surface area contributed by atoms with Crippen LogP contribution in [0, 0.1) is 6.92 Å². The van der Waals surface area contributed by atoms with Gasteiger partial charge in [0.25, 0.3) is 0 Å². The molecule has 1 aromatic carbocycles. The van der Waals surface area contributed by atoms with Gasteiger partial charge in [0, 0.05) is 17.3 Å². The molecule has 0 unspecified atom stereocenters. The summed E-state index contributed by atoms with van der Waals surface area (Å²) in [6.07, 6.45) is 4.21. The molecule has 1 saturated carbocycles. The van der Waals surface area contributed by atoms with E-state index in [9.17, 15) is 5.11 Å². The van der Waals surface area contributed by atoms with E-state index in [1.54, 1.807) is 0 Å². The number of aliphatic imine (C=N–C) groups is 1. The van der Waals surface area contributed by atoms with Crippen LogP contribution in [0.5, 0.6) is 5.75 Å². The molecule has 2 nitrogen and oxygen atoms in total. The first-order valence-corrected chi connectivity index (χ1v) is 6.25. The second-order valence-electron chi connectivity index (χ2n) is 6.01. The number of nitrogens with zero attached hydrogens (tertiary/aromatic N) is 1. The molecule has 2 heteroatoms. The van der Waals surface area contributed by atoms with E-state index in [0.717, 1.165) is 11.1 Å². The van der Waals surface area contributed by atoms with Crippen LogP contribution in [0.1, 0.15) is 50.3 Å². The minimum atomic E-state index is -0.0434. The molecule has 0 saturated heterocycles. The maximum atomic E-state index is 10.3. The van der Waals surface area contributed by atoms with Gasteiger partial charge >= 0.3 is 0 Å². The van der Waals surface area contributed by atoms with Gasteiger partial charge in [-0.3, -0.25) is 4.99 Å². The average Bonchev–Trinajstić information content (AvgIpc) is 3.01. The monoisotopic (exact) mass is 231 g/mol. The van der Waals surface area contributed by atoms with Crippen molar-refractivity contribution in [1.82, 2.24) is 0 Å². The minimum Gasteiger partial charge on any atom is -0.507 e. The van der Waals surface area contributed by atoms with Crippen LogP contribution in [0.3, 0.4) is 0 Å². The Balaban J connectivity index is 2.41. The van der Waals surface area contributed by atoms with Gasteiger partial charge in [-0.1, -0.05) is 26.8 Å². The highest BCUT2D eigenvalue weighted by Crippen LogP contribution is 2.34. The number of aromatic hydroxyl groups is 1. The van der Waals surface area contributed by atoms with Gasteiger partial charge in [-0.05, 0) is 36.8 Å². The molecule has 2 rings (SSSR count). The molecule has 0 aliphatic heterocycles. The van der Waals surface area contributed by atoms with E-state index >= 15 is 0 Å². The molecule has 0 radical (unpaired) electrons. The summed E-state index contributed by atoms with van der Waals surface area (Å²) in [5, 5.41) is 10.3. The van der Waals surface area contributed by atoms with Crippen LogP contribution in [-0.2, 0) is 5.41 Å². The van der Waals surface area contributed by atoms with Gasteiger partial charge in [0.05, 0.1) is 6.04 Å². The summed E-state index contributed by atoms with van der Waals surface area (Å²) >= 11 is 0. The lowest BCUT2D eigenvalue weighted by molar-refractivity contribution is 0.445. The Hall–Kier alpha value is -1.31. The number of benzene rings is 1. The third-order valence-electron chi connectivity index (χ3n) is 3.06. The van der Waals surface area contributed by atoms with Crippen LogP contribution in [0.15, 0.2) is 17.1 Å². The third-order valence-corrected chi connectivity index (χ3v) is 3.06. The molecule has 92 valence electrons. The summed E-state index contributed by atoms with van der Waals surface area (Å²) in [6, 6.07) is 4.55. The van der Waals surface area contributed by atoms with Crippen molar-refractivity contribution >= 4 is 6.21 Å². The van der Waals surface area contributed by atoms with Crippen molar-refractivity contribution in [1.29, 1.82) is 0 Å². The van der Waals surface area contributed by atoms with E-state index in [1.807, 2.05) is 12.3 Å². The highest BCUT2D eigenvalue weighted by molar-refractivity contribution is 5.85. The van der Waals surface area contributed by atoms with Gasteiger partial charge in [-0.2, -0.15) is 0 Å². The summed E-state index contributed by atoms with van der Waals surface area (Å²) in [5.74, 6) is 0.382. The largest absolute Gasteiger partial charge is 0.507 e. The maximum absolute atomic E-state index is 10.3. The number of rotatable bonds is 2. The molecule has 17 heavy (non-hydrogen) atoms. The molecule has 0 amide bonds. The molecule has 1 aliphatic carbocycles. The van der Waals surface area contributed by atoms with E-state index in [0.29, 0.717) is 11.8 Å². The van der Waals surface area contributed by atoms with Crippen molar-refractivity contribution in [2.24, 2.45) is 4.99 Å². The second kappa shape index (κ2) is 4.17. The summed E-state index contributed by atoms with van der Waals surface area (Å²) in [6.45, 7) is 8.40. The van der Waals surface area contributed by atoms with E-state index in [2.05, 4.69) is 38.8 Å². The van der Waals surface area contributed by atoms with Crippen molar-refractivity contribution in [3.05, 3.63) is 28.8 Å². The predicted octanol–water partition coefficient (Wildman–Crippen LogP) is 3.58. The molecular formula is C15H21NO. The van der Waals surface area contributed by atoms with Crippen LogP contribution in [0.25, 0.3) is 0 Å². The molecule has 0 heterocycles. The van der Waals surface area contributed by atoms with Gasteiger partial charge in [-0.15, -0.1) is 0 Å². The van der Waals surface area contributed by atoms with Crippen molar-refractivity contribution < 1.29 is 5.11 Å². The van der Waals surface area contributed by atoms with Gasteiger partial charge < -0.3 is 5.11 Å². The van der Waals surface area contributed by atoms with Crippen LogP contribution in [0.2, 0.25) is 0 Å². The Morgan fingerprint density at radius 2 is 1.94 bits per heavy atom. The lowest BCUT2D eigenvalue weighted by atomic mass is 9.84. The van der Waals surface area contributed by atoms with Crippen LogP contribution in [-0.4, -0.2) is 17.4 Å². The molecule has 1 fully saturated rings. The summed E-state index contributed by atoms with van der Waals surface area (Å²) < 4.78 is 0. The average molecular weight is 231 g/mol. The van der Waals surface area contributed by atoms with Gasteiger partial charge in [-0.25, -0.2) is 0 Å². The lowest BCUT2D eigenvalue weighted by Gasteiger charge is -2.22. The molecule has 0 atom stereocenters. The van der Waals surface area contributed by atoms with Gasteiger partial charge in [0.2, 0.25) is 0 Å². The highest BCUT2D eigenvalue weighted by Gasteiger charge is 2.22. The number of phenols is 1. The van der Waals surface area contributed by atoms with E-state index in [-0.39, 0.29) is 5.41 Å². The zero-order chi connectivity index (χ0) is 12.6. The second-order valence-corrected chi connectivity index (χ2v) is 6.01. The smallest absolute Gasteiger partial charge is 0.128 e. The van der Waals surface area contributed by atoms with E-state index < -0.39 is 0 Å². The Morgan fingerprint density at radius 1 is 1.29 bits per heavy atom. The summed E-state index contributed by atoms with van der Waals surface area (Å²) in [4.78, 5) is 4.45. The molecule has 0 aromatic heterocycles. The molecule has 1 aromatic rings. The van der Waals surface area contributed by atoms with Crippen molar-refractivity contribution in [3.8, 4) is 5.75 Å². The Kier molecular flexibility index (Phi) is 2.98. The first kappa shape index (κ1) is 12.2. The van der Waals surface area contributed by atoms with E-state index in [4.69, 9.17) is 0 Å². The third kappa shape index (κ3) is 2.87. The van der Waals surface area contributed by atoms with E-state index in [1.165, 1.54) is 18.4 Å². The minimum absolute atomic E-state index is 0.0434. The zero-order valence-corrected chi connectivity index (χ0v) is 11.1. The molecule has 1 N–H and O–H groups in total. The Morgan fingerprint density at radius 3 is 2.47 bits per heavy atom. The molecular weight excluding hydrogens is 210 g/mol. The number of phenolic OH excluding ortho intramolecular Hbond substituents is 1. The van der Waals surface area contributed by atoms with Crippen LogP contribution in [0.4, 0.5) is 0 Å². The lowest BCUT2D eigenvalue weighted by Crippen LogP contribution is -2.12. The Labute approximate surface area is 103 Å². The normalized spacial score (nSPS) is 16.7. The molecule has 0 bridgehead atoms. The predicted molar refractivity (Wildman–Crippen MR) is 72.2 cm³/mol. The quantitative estimate of drug-likeness (QED) is 0.775. The van der Waals surface area contributed by atoms with Crippen molar-refractivity contribution in [2.45, 2.75) is 52.0 Å². The maximum Gasteiger partial charge on any atom is 0.128 e. The standard InChI is InChI=1S/C15H21NO/c1-10-7-11(9-16-12-5-6-12)14(17)13(8-10)15(2,3)4/h7-9,12,17H,5-6H2,1-4H3. The first-order chi connectivity index (χ1) is 7.88. The fourth-order valence-electron chi connectivity index (χ4n) is 1.89. The molecule has 1 aliphatic rings. The highest BCUT2D eigenvalue weighted by atomic mass is 16.3. The number of hydrogen-bond donors (Lipinski definition) is 1. The topological polar surface area (TPSA) is 32.6 Å². The van der Waals surface area contributed by atoms with Crippen LogP contribution >= 0.6 is 0 Å². The SMILES string of the molecule is Cc1cc(C=NC2CC2)c(O)c(C(C)(C)C)c1. The summed E-state index contributed by atoms with van der Waals surface area (Å²) in [5.41, 5.74) is 2.97. The van der Waals surface area contributed by atoms with Crippen LogP contribution < -0.4 is 0 Å². The first-order valence-electron chi connectivity index (χ1n) is 6.25.